The number of hydrogen-bond acceptors (Lipinski definition) is 3. The Labute approximate surface area is 117 Å². The molecule has 5 heteroatoms. The quantitative estimate of drug-likeness (QED) is 0.707. The van der Waals surface area contributed by atoms with E-state index in [-0.39, 0.29) is 5.82 Å². The van der Waals surface area contributed by atoms with Gasteiger partial charge in [0.15, 0.2) is 0 Å². The van der Waals surface area contributed by atoms with Crippen LogP contribution in [0.5, 0.6) is 0 Å². The van der Waals surface area contributed by atoms with Crippen LogP contribution in [-0.4, -0.2) is 10.1 Å². The summed E-state index contributed by atoms with van der Waals surface area (Å²) >= 11 is 3.39. The summed E-state index contributed by atoms with van der Waals surface area (Å²) in [5.74, 6) is 0.579. The third kappa shape index (κ3) is 2.56. The first-order valence-electron chi connectivity index (χ1n) is 5.58. The maximum Gasteiger partial charge on any atom is 0.258 e. The molecular weight excluding hydrogens is 311 g/mol. The molecule has 0 aliphatic heterocycles. The highest BCUT2D eigenvalue weighted by Crippen LogP contribution is 2.24. The molecule has 0 spiro atoms. The molecule has 0 fully saturated rings. The van der Waals surface area contributed by atoms with E-state index in [1.54, 1.807) is 12.1 Å². The van der Waals surface area contributed by atoms with Gasteiger partial charge in [0, 0.05) is 15.6 Å². The molecule has 0 atom stereocenters. The van der Waals surface area contributed by atoms with E-state index in [1.165, 1.54) is 12.1 Å². The molecule has 0 N–H and O–H groups in total. The average molecular weight is 319 g/mol. The molecular formula is C14H8BrFN2O. The van der Waals surface area contributed by atoms with Gasteiger partial charge < -0.3 is 4.52 Å². The number of hydrogen-bond donors (Lipinski definition) is 0. The number of rotatable bonds is 2. The van der Waals surface area contributed by atoms with Crippen molar-refractivity contribution >= 4 is 15.9 Å². The van der Waals surface area contributed by atoms with E-state index < -0.39 is 0 Å². The van der Waals surface area contributed by atoms with Gasteiger partial charge in [0.1, 0.15) is 5.82 Å². The molecule has 0 unspecified atom stereocenters. The van der Waals surface area contributed by atoms with Crippen LogP contribution in [0.25, 0.3) is 22.8 Å². The third-order valence-electron chi connectivity index (χ3n) is 2.60. The summed E-state index contributed by atoms with van der Waals surface area (Å²) in [5.41, 5.74) is 1.54. The smallest absolute Gasteiger partial charge is 0.258 e. The van der Waals surface area contributed by atoms with Crippen molar-refractivity contribution < 1.29 is 8.91 Å². The SMILES string of the molecule is Fc1ccc(-c2noc(-c3cccc(Br)c3)n2)cc1. The van der Waals surface area contributed by atoms with Crippen LogP contribution in [0.1, 0.15) is 0 Å². The Morgan fingerprint density at radius 3 is 2.53 bits per heavy atom. The monoisotopic (exact) mass is 318 g/mol. The van der Waals surface area contributed by atoms with Crippen LogP contribution >= 0.6 is 15.9 Å². The minimum atomic E-state index is -0.292. The summed E-state index contributed by atoms with van der Waals surface area (Å²) in [6.07, 6.45) is 0. The first kappa shape index (κ1) is 12.0. The molecule has 0 saturated carbocycles. The Morgan fingerprint density at radius 1 is 1.00 bits per heavy atom. The molecule has 1 aromatic heterocycles. The maximum atomic E-state index is 12.8. The van der Waals surface area contributed by atoms with E-state index >= 15 is 0 Å². The molecule has 0 aliphatic carbocycles. The van der Waals surface area contributed by atoms with E-state index in [0.717, 1.165) is 10.0 Å². The Bertz CT molecular complexity index is 709. The Balaban J connectivity index is 1.97. The van der Waals surface area contributed by atoms with Gasteiger partial charge in [-0.25, -0.2) is 4.39 Å². The van der Waals surface area contributed by atoms with Crippen molar-refractivity contribution in [3.05, 3.63) is 58.8 Å². The molecule has 1 heterocycles. The maximum absolute atomic E-state index is 12.8. The van der Waals surface area contributed by atoms with Gasteiger partial charge in [-0.1, -0.05) is 27.2 Å². The molecule has 0 saturated heterocycles. The standard InChI is InChI=1S/C14H8BrFN2O/c15-11-3-1-2-10(8-11)14-17-13(18-19-14)9-4-6-12(16)7-5-9/h1-8H. The highest BCUT2D eigenvalue weighted by atomic mass is 79.9. The fourth-order valence-electron chi connectivity index (χ4n) is 1.68. The Morgan fingerprint density at radius 2 is 1.79 bits per heavy atom. The summed E-state index contributed by atoms with van der Waals surface area (Å²) in [6.45, 7) is 0. The molecule has 19 heavy (non-hydrogen) atoms. The van der Waals surface area contributed by atoms with Gasteiger partial charge in [-0.15, -0.1) is 0 Å². The second-order valence-corrected chi connectivity index (χ2v) is 4.86. The normalized spacial score (nSPS) is 10.6. The van der Waals surface area contributed by atoms with Gasteiger partial charge in [0.2, 0.25) is 5.82 Å². The number of halogens is 2. The highest BCUT2D eigenvalue weighted by Gasteiger charge is 2.10. The first-order chi connectivity index (χ1) is 9.22. The van der Waals surface area contributed by atoms with E-state index in [9.17, 15) is 4.39 Å². The van der Waals surface area contributed by atoms with Crippen LogP contribution in [0.3, 0.4) is 0 Å². The Hall–Kier alpha value is -2.01. The van der Waals surface area contributed by atoms with Gasteiger partial charge in [0.05, 0.1) is 0 Å². The minimum Gasteiger partial charge on any atom is -0.334 e. The van der Waals surface area contributed by atoms with Gasteiger partial charge in [0.25, 0.3) is 5.89 Å². The zero-order valence-electron chi connectivity index (χ0n) is 9.68. The number of aromatic nitrogens is 2. The van der Waals surface area contributed by atoms with Gasteiger partial charge in [-0.05, 0) is 42.5 Å². The van der Waals surface area contributed by atoms with Crippen molar-refractivity contribution in [2.45, 2.75) is 0 Å². The van der Waals surface area contributed by atoms with Gasteiger partial charge in [-0.3, -0.25) is 0 Å². The molecule has 0 bridgehead atoms. The fraction of sp³-hybridized carbons (Fsp3) is 0. The molecule has 3 rings (SSSR count). The summed E-state index contributed by atoms with van der Waals surface area (Å²) in [4.78, 5) is 4.30. The lowest BCUT2D eigenvalue weighted by Crippen LogP contribution is -1.82. The lowest BCUT2D eigenvalue weighted by molar-refractivity contribution is 0.432. The number of benzene rings is 2. The van der Waals surface area contributed by atoms with E-state index in [4.69, 9.17) is 4.52 Å². The topological polar surface area (TPSA) is 38.9 Å². The zero-order valence-corrected chi connectivity index (χ0v) is 11.3. The van der Waals surface area contributed by atoms with E-state index in [1.807, 2.05) is 24.3 Å². The molecule has 2 aromatic carbocycles. The second-order valence-electron chi connectivity index (χ2n) is 3.94. The summed E-state index contributed by atoms with van der Waals surface area (Å²) in [5, 5.41) is 3.90. The molecule has 0 aliphatic rings. The summed E-state index contributed by atoms with van der Waals surface area (Å²) in [7, 11) is 0. The fourth-order valence-corrected chi connectivity index (χ4v) is 2.08. The van der Waals surface area contributed by atoms with Crippen molar-refractivity contribution in [2.75, 3.05) is 0 Å². The average Bonchev–Trinajstić information content (AvgIpc) is 2.89. The first-order valence-corrected chi connectivity index (χ1v) is 6.37. The predicted molar refractivity (Wildman–Crippen MR) is 72.8 cm³/mol. The van der Waals surface area contributed by atoms with Crippen molar-refractivity contribution in [2.24, 2.45) is 0 Å². The predicted octanol–water partition coefficient (Wildman–Crippen LogP) is 4.31. The van der Waals surface area contributed by atoms with Crippen LogP contribution in [0.2, 0.25) is 0 Å². The van der Waals surface area contributed by atoms with Crippen molar-refractivity contribution in [3.63, 3.8) is 0 Å². The molecule has 3 nitrogen and oxygen atoms in total. The van der Waals surface area contributed by atoms with E-state index in [0.29, 0.717) is 17.3 Å². The summed E-state index contributed by atoms with van der Waals surface area (Å²) < 4.78 is 19.0. The molecule has 0 radical (unpaired) electrons. The highest BCUT2D eigenvalue weighted by molar-refractivity contribution is 9.10. The van der Waals surface area contributed by atoms with Crippen molar-refractivity contribution in [1.82, 2.24) is 10.1 Å². The Kier molecular flexibility index (Phi) is 3.13. The lowest BCUT2D eigenvalue weighted by atomic mass is 10.2. The molecule has 3 aromatic rings. The number of nitrogens with zero attached hydrogens (tertiary/aromatic N) is 2. The van der Waals surface area contributed by atoms with Gasteiger partial charge >= 0.3 is 0 Å². The van der Waals surface area contributed by atoms with Gasteiger partial charge in [-0.2, -0.15) is 4.98 Å². The van der Waals surface area contributed by atoms with Crippen molar-refractivity contribution in [1.29, 1.82) is 0 Å². The zero-order chi connectivity index (χ0) is 13.2. The molecule has 0 amide bonds. The van der Waals surface area contributed by atoms with Crippen LogP contribution in [-0.2, 0) is 0 Å². The largest absolute Gasteiger partial charge is 0.334 e. The van der Waals surface area contributed by atoms with Crippen molar-refractivity contribution in [3.8, 4) is 22.8 Å². The van der Waals surface area contributed by atoms with Crippen LogP contribution in [0, 0.1) is 5.82 Å². The van der Waals surface area contributed by atoms with Crippen LogP contribution in [0.15, 0.2) is 57.5 Å². The molecule has 94 valence electrons. The lowest BCUT2D eigenvalue weighted by Gasteiger charge is -1.94. The van der Waals surface area contributed by atoms with Crippen LogP contribution in [0.4, 0.5) is 4.39 Å². The van der Waals surface area contributed by atoms with Crippen LogP contribution < -0.4 is 0 Å². The summed E-state index contributed by atoms with van der Waals surface area (Å²) in [6, 6.07) is 13.5. The van der Waals surface area contributed by atoms with E-state index in [2.05, 4.69) is 26.1 Å². The second kappa shape index (κ2) is 4.93. The minimum absolute atomic E-state index is 0.292. The third-order valence-corrected chi connectivity index (χ3v) is 3.09.